The van der Waals surface area contributed by atoms with E-state index >= 15 is 0 Å². The summed E-state index contributed by atoms with van der Waals surface area (Å²) in [5, 5.41) is 17.9. The van der Waals surface area contributed by atoms with Crippen molar-refractivity contribution < 1.29 is 14.6 Å². The SMILES string of the molecule is CCc1cc(C(=O)CO)ccc1OCCCCCC(C)(C)C#N. The number of hydrogen-bond acceptors (Lipinski definition) is 4. The fraction of sp³-hybridized carbons (Fsp3) is 0.579. The summed E-state index contributed by atoms with van der Waals surface area (Å²) in [7, 11) is 0. The molecule has 0 bridgehead atoms. The molecule has 0 spiro atoms. The van der Waals surface area contributed by atoms with Crippen LogP contribution in [-0.4, -0.2) is 24.1 Å². The van der Waals surface area contributed by atoms with E-state index in [2.05, 4.69) is 6.07 Å². The largest absolute Gasteiger partial charge is 0.493 e. The highest BCUT2D eigenvalue weighted by Crippen LogP contribution is 2.23. The van der Waals surface area contributed by atoms with Crippen LogP contribution in [0, 0.1) is 16.7 Å². The molecule has 0 saturated carbocycles. The van der Waals surface area contributed by atoms with Crippen LogP contribution in [0.15, 0.2) is 18.2 Å². The molecule has 1 aromatic carbocycles. The molecule has 0 aromatic heterocycles. The summed E-state index contributed by atoms with van der Waals surface area (Å²) >= 11 is 0. The van der Waals surface area contributed by atoms with Crippen molar-refractivity contribution in [1.82, 2.24) is 0 Å². The van der Waals surface area contributed by atoms with E-state index in [9.17, 15) is 4.79 Å². The van der Waals surface area contributed by atoms with Crippen LogP contribution < -0.4 is 4.74 Å². The number of nitrogens with zero attached hydrogens (tertiary/aromatic N) is 1. The average Bonchev–Trinajstić information content (AvgIpc) is 2.57. The van der Waals surface area contributed by atoms with Crippen molar-refractivity contribution >= 4 is 5.78 Å². The zero-order valence-electron chi connectivity index (χ0n) is 14.4. The highest BCUT2D eigenvalue weighted by atomic mass is 16.5. The Morgan fingerprint density at radius 2 is 2.04 bits per heavy atom. The van der Waals surface area contributed by atoms with Gasteiger partial charge in [0.2, 0.25) is 0 Å². The molecule has 0 heterocycles. The second-order valence-corrected chi connectivity index (χ2v) is 6.41. The van der Waals surface area contributed by atoms with E-state index in [0.717, 1.165) is 43.4 Å². The lowest BCUT2D eigenvalue weighted by Gasteiger charge is -2.15. The molecule has 0 aliphatic carbocycles. The first-order valence-corrected chi connectivity index (χ1v) is 8.24. The molecule has 4 nitrogen and oxygen atoms in total. The lowest BCUT2D eigenvalue weighted by atomic mass is 9.89. The van der Waals surface area contributed by atoms with Gasteiger partial charge in [0.05, 0.1) is 18.1 Å². The molecular weight excluding hydrogens is 290 g/mol. The number of benzene rings is 1. The molecule has 0 amide bonds. The molecule has 0 aliphatic heterocycles. The molecule has 1 N–H and O–H groups in total. The van der Waals surface area contributed by atoms with Crippen molar-refractivity contribution in [2.75, 3.05) is 13.2 Å². The predicted octanol–water partition coefficient (Wildman–Crippen LogP) is 3.91. The average molecular weight is 317 g/mol. The summed E-state index contributed by atoms with van der Waals surface area (Å²) in [5.74, 6) is 0.533. The third kappa shape index (κ3) is 6.42. The summed E-state index contributed by atoms with van der Waals surface area (Å²) in [5.41, 5.74) is 1.26. The minimum Gasteiger partial charge on any atom is -0.493 e. The summed E-state index contributed by atoms with van der Waals surface area (Å²) in [6, 6.07) is 7.61. The smallest absolute Gasteiger partial charge is 0.188 e. The third-order valence-electron chi connectivity index (χ3n) is 3.91. The molecule has 1 rings (SSSR count). The van der Waals surface area contributed by atoms with Crippen molar-refractivity contribution in [3.63, 3.8) is 0 Å². The number of hydrogen-bond donors (Lipinski definition) is 1. The fourth-order valence-electron chi connectivity index (χ4n) is 2.35. The van der Waals surface area contributed by atoms with Gasteiger partial charge in [0, 0.05) is 5.56 Å². The van der Waals surface area contributed by atoms with Crippen molar-refractivity contribution in [2.45, 2.75) is 52.9 Å². The molecule has 0 aliphatic rings. The van der Waals surface area contributed by atoms with Gasteiger partial charge >= 0.3 is 0 Å². The van der Waals surface area contributed by atoms with Gasteiger partial charge in [-0.2, -0.15) is 5.26 Å². The molecule has 0 atom stereocenters. The maximum Gasteiger partial charge on any atom is 0.188 e. The van der Waals surface area contributed by atoms with Crippen LogP contribution in [0.4, 0.5) is 0 Å². The Bertz CT molecular complexity index is 558. The second-order valence-electron chi connectivity index (χ2n) is 6.41. The second kappa shape index (κ2) is 9.32. The standard InChI is InChI=1S/C19H27NO3/c1-4-15-12-16(17(22)13-21)8-9-18(15)23-11-7-5-6-10-19(2,3)14-20/h8-9,12,21H,4-7,10-11,13H2,1-3H3. The highest BCUT2D eigenvalue weighted by Gasteiger charge is 2.15. The number of rotatable bonds is 10. The number of nitriles is 1. The molecule has 23 heavy (non-hydrogen) atoms. The molecule has 4 heteroatoms. The summed E-state index contributed by atoms with van der Waals surface area (Å²) < 4.78 is 5.82. The lowest BCUT2D eigenvalue weighted by Crippen LogP contribution is -2.08. The van der Waals surface area contributed by atoms with E-state index in [4.69, 9.17) is 15.1 Å². The Hall–Kier alpha value is -1.86. The monoisotopic (exact) mass is 317 g/mol. The number of unbranched alkanes of at least 4 members (excludes halogenated alkanes) is 2. The maximum atomic E-state index is 11.5. The van der Waals surface area contributed by atoms with Gasteiger partial charge in [-0.3, -0.25) is 4.79 Å². The Balaban J connectivity index is 2.43. The maximum absolute atomic E-state index is 11.5. The van der Waals surface area contributed by atoms with Gasteiger partial charge in [-0.1, -0.05) is 19.8 Å². The molecule has 0 radical (unpaired) electrons. The van der Waals surface area contributed by atoms with E-state index in [-0.39, 0.29) is 11.2 Å². The first-order chi connectivity index (χ1) is 10.9. The number of carbonyl (C=O) groups excluding carboxylic acids is 1. The topological polar surface area (TPSA) is 70.3 Å². The van der Waals surface area contributed by atoms with Gasteiger partial charge < -0.3 is 9.84 Å². The summed E-state index contributed by atoms with van der Waals surface area (Å²) in [6.07, 6.45) is 4.68. The Labute approximate surface area is 139 Å². The Morgan fingerprint density at radius 3 is 2.65 bits per heavy atom. The van der Waals surface area contributed by atoms with Crippen molar-refractivity contribution in [3.05, 3.63) is 29.3 Å². The zero-order chi connectivity index (χ0) is 17.3. The number of Topliss-reactive ketones (excluding diaryl/α,β-unsaturated/α-hetero) is 1. The van der Waals surface area contributed by atoms with Gasteiger partial charge in [0.1, 0.15) is 12.4 Å². The molecule has 0 fully saturated rings. The Kier molecular flexibility index (Phi) is 7.77. The molecule has 0 unspecified atom stereocenters. The van der Waals surface area contributed by atoms with E-state index in [0.29, 0.717) is 12.2 Å². The molecular formula is C19H27NO3. The first kappa shape index (κ1) is 19.2. The summed E-state index contributed by atoms with van der Waals surface area (Å²) in [6.45, 7) is 6.10. The number of aliphatic hydroxyl groups excluding tert-OH is 1. The van der Waals surface area contributed by atoms with Crippen LogP contribution in [0.1, 0.15) is 62.4 Å². The van der Waals surface area contributed by atoms with Crippen LogP contribution >= 0.6 is 0 Å². The molecule has 126 valence electrons. The predicted molar refractivity (Wildman–Crippen MR) is 90.6 cm³/mol. The quantitative estimate of drug-likeness (QED) is 0.524. The number of carbonyl (C=O) groups is 1. The summed E-state index contributed by atoms with van der Waals surface area (Å²) in [4.78, 5) is 11.5. The van der Waals surface area contributed by atoms with E-state index in [1.807, 2.05) is 20.8 Å². The van der Waals surface area contributed by atoms with Crippen LogP contribution in [0.2, 0.25) is 0 Å². The van der Waals surface area contributed by atoms with Gasteiger partial charge in [0.15, 0.2) is 5.78 Å². The fourth-order valence-corrected chi connectivity index (χ4v) is 2.35. The van der Waals surface area contributed by atoms with Crippen molar-refractivity contribution in [1.29, 1.82) is 5.26 Å². The lowest BCUT2D eigenvalue weighted by molar-refractivity contribution is 0.0903. The molecule has 1 aromatic rings. The number of ether oxygens (including phenoxy) is 1. The van der Waals surface area contributed by atoms with Crippen LogP contribution in [0.5, 0.6) is 5.75 Å². The van der Waals surface area contributed by atoms with E-state index in [1.165, 1.54) is 0 Å². The van der Waals surface area contributed by atoms with Crippen LogP contribution in [0.25, 0.3) is 0 Å². The normalized spacial score (nSPS) is 11.1. The van der Waals surface area contributed by atoms with Gasteiger partial charge in [-0.15, -0.1) is 0 Å². The molecule has 0 saturated heterocycles. The minimum absolute atomic E-state index is 0.245. The van der Waals surface area contributed by atoms with Gasteiger partial charge in [0.25, 0.3) is 0 Å². The van der Waals surface area contributed by atoms with Crippen LogP contribution in [0.3, 0.4) is 0 Å². The minimum atomic E-state index is -0.470. The van der Waals surface area contributed by atoms with E-state index in [1.54, 1.807) is 18.2 Å². The zero-order valence-corrected chi connectivity index (χ0v) is 14.4. The number of ketones is 1. The van der Waals surface area contributed by atoms with Crippen LogP contribution in [-0.2, 0) is 6.42 Å². The van der Waals surface area contributed by atoms with Gasteiger partial charge in [-0.05, 0) is 56.9 Å². The van der Waals surface area contributed by atoms with Crippen molar-refractivity contribution in [2.24, 2.45) is 5.41 Å². The Morgan fingerprint density at radius 1 is 1.30 bits per heavy atom. The first-order valence-electron chi connectivity index (χ1n) is 8.24. The van der Waals surface area contributed by atoms with Crippen molar-refractivity contribution in [3.8, 4) is 11.8 Å². The third-order valence-corrected chi connectivity index (χ3v) is 3.91. The van der Waals surface area contributed by atoms with Gasteiger partial charge in [-0.25, -0.2) is 0 Å². The number of aryl methyl sites for hydroxylation is 1. The highest BCUT2D eigenvalue weighted by molar-refractivity contribution is 5.97. The number of aliphatic hydroxyl groups is 1. The van der Waals surface area contributed by atoms with E-state index < -0.39 is 6.61 Å².